The Morgan fingerprint density at radius 3 is 2.87 bits per heavy atom. The molecule has 1 aromatic heterocycles. The van der Waals surface area contributed by atoms with Gasteiger partial charge in [-0.05, 0) is 25.1 Å². The van der Waals surface area contributed by atoms with Crippen molar-refractivity contribution in [3.63, 3.8) is 0 Å². The van der Waals surface area contributed by atoms with Crippen LogP contribution in [0.3, 0.4) is 0 Å². The van der Waals surface area contributed by atoms with Gasteiger partial charge in [0.2, 0.25) is 0 Å². The summed E-state index contributed by atoms with van der Waals surface area (Å²) in [5, 5.41) is 9.57. The van der Waals surface area contributed by atoms with Gasteiger partial charge < -0.3 is 9.67 Å². The van der Waals surface area contributed by atoms with Crippen LogP contribution in [0.4, 0.5) is 4.39 Å². The summed E-state index contributed by atoms with van der Waals surface area (Å²) in [6.07, 6.45) is 0.571. The van der Waals surface area contributed by atoms with Crippen LogP contribution in [0.25, 0.3) is 10.9 Å². The van der Waals surface area contributed by atoms with Gasteiger partial charge in [0.25, 0.3) is 0 Å². The van der Waals surface area contributed by atoms with Gasteiger partial charge in [0.15, 0.2) is 0 Å². The summed E-state index contributed by atoms with van der Waals surface area (Å²) in [5.41, 5.74) is 1.89. The lowest BCUT2D eigenvalue weighted by Gasteiger charge is -2.05. The fourth-order valence-electron chi connectivity index (χ4n) is 2.00. The Hall–Kier alpha value is -1.35. The average molecular weight is 207 g/mol. The van der Waals surface area contributed by atoms with Crippen molar-refractivity contribution in [3.8, 4) is 0 Å². The second-order valence-electron chi connectivity index (χ2n) is 3.53. The molecule has 2 nitrogen and oxygen atoms in total. The Morgan fingerprint density at radius 1 is 1.40 bits per heavy atom. The van der Waals surface area contributed by atoms with Gasteiger partial charge in [-0.1, -0.05) is 6.07 Å². The molecule has 0 fully saturated rings. The molecule has 0 unspecified atom stereocenters. The quantitative estimate of drug-likeness (QED) is 0.821. The van der Waals surface area contributed by atoms with Crippen LogP contribution in [0.5, 0.6) is 0 Å². The summed E-state index contributed by atoms with van der Waals surface area (Å²) in [7, 11) is 0. The standard InChI is InChI=1S/C12H14FNO/c1-2-14-9(6-7-15)8-10-11(13)4-3-5-12(10)14/h3-5,8,15H,2,6-7H2,1H3. The van der Waals surface area contributed by atoms with Gasteiger partial charge in [0.1, 0.15) is 5.82 Å². The van der Waals surface area contributed by atoms with Crippen LogP contribution in [-0.4, -0.2) is 16.3 Å². The van der Waals surface area contributed by atoms with E-state index in [1.165, 1.54) is 6.07 Å². The molecule has 0 bridgehead atoms. The van der Waals surface area contributed by atoms with E-state index in [1.54, 1.807) is 6.07 Å². The summed E-state index contributed by atoms with van der Waals surface area (Å²) in [6.45, 7) is 2.91. The summed E-state index contributed by atoms with van der Waals surface area (Å²) in [5.74, 6) is -0.195. The van der Waals surface area contributed by atoms with E-state index in [0.717, 1.165) is 17.8 Å². The molecule has 15 heavy (non-hydrogen) atoms. The number of aryl methyl sites for hydroxylation is 1. The third-order valence-electron chi connectivity index (χ3n) is 2.66. The van der Waals surface area contributed by atoms with Crippen LogP contribution in [-0.2, 0) is 13.0 Å². The number of aliphatic hydroxyl groups excluding tert-OH is 1. The van der Waals surface area contributed by atoms with Crippen molar-refractivity contribution >= 4 is 10.9 Å². The second-order valence-corrected chi connectivity index (χ2v) is 3.53. The SMILES string of the molecule is CCn1c(CCO)cc2c(F)cccc21. The van der Waals surface area contributed by atoms with Crippen LogP contribution < -0.4 is 0 Å². The highest BCUT2D eigenvalue weighted by Gasteiger charge is 2.09. The number of hydrogen-bond donors (Lipinski definition) is 1. The highest BCUT2D eigenvalue weighted by molar-refractivity contribution is 5.82. The van der Waals surface area contributed by atoms with Crippen LogP contribution in [0, 0.1) is 5.82 Å². The number of fused-ring (bicyclic) bond motifs is 1. The van der Waals surface area contributed by atoms with E-state index in [9.17, 15) is 4.39 Å². The molecule has 1 aromatic carbocycles. The molecule has 0 atom stereocenters. The van der Waals surface area contributed by atoms with E-state index in [-0.39, 0.29) is 12.4 Å². The van der Waals surface area contributed by atoms with E-state index < -0.39 is 0 Å². The molecule has 80 valence electrons. The third kappa shape index (κ3) is 1.63. The molecule has 0 saturated heterocycles. The Bertz CT molecular complexity index is 476. The Balaban J connectivity index is 2.67. The molecule has 0 amide bonds. The molecule has 1 heterocycles. The highest BCUT2D eigenvalue weighted by atomic mass is 19.1. The molecule has 0 spiro atoms. The lowest BCUT2D eigenvalue weighted by atomic mass is 10.2. The first-order valence-corrected chi connectivity index (χ1v) is 5.15. The lowest BCUT2D eigenvalue weighted by molar-refractivity contribution is 0.296. The fraction of sp³-hybridized carbons (Fsp3) is 0.333. The van der Waals surface area contributed by atoms with E-state index in [1.807, 2.05) is 23.6 Å². The van der Waals surface area contributed by atoms with E-state index in [4.69, 9.17) is 5.11 Å². The second kappa shape index (κ2) is 4.03. The number of rotatable bonds is 3. The van der Waals surface area contributed by atoms with E-state index in [2.05, 4.69) is 0 Å². The first kappa shape index (κ1) is 10.2. The zero-order valence-electron chi connectivity index (χ0n) is 8.70. The van der Waals surface area contributed by atoms with Gasteiger partial charge in [0, 0.05) is 30.7 Å². The maximum atomic E-state index is 13.5. The minimum absolute atomic E-state index is 0.0952. The molecule has 0 aliphatic rings. The average Bonchev–Trinajstić information content (AvgIpc) is 2.58. The first-order valence-electron chi connectivity index (χ1n) is 5.15. The minimum atomic E-state index is -0.195. The zero-order valence-corrected chi connectivity index (χ0v) is 8.70. The van der Waals surface area contributed by atoms with Gasteiger partial charge in [-0.25, -0.2) is 4.39 Å². The van der Waals surface area contributed by atoms with Gasteiger partial charge in [0.05, 0.1) is 5.52 Å². The smallest absolute Gasteiger partial charge is 0.132 e. The van der Waals surface area contributed by atoms with Gasteiger partial charge in [-0.2, -0.15) is 0 Å². The highest BCUT2D eigenvalue weighted by Crippen LogP contribution is 2.22. The molecular weight excluding hydrogens is 193 g/mol. The normalized spacial score (nSPS) is 11.1. The number of hydrogen-bond acceptors (Lipinski definition) is 1. The first-order chi connectivity index (χ1) is 7.27. The van der Waals surface area contributed by atoms with Crippen LogP contribution >= 0.6 is 0 Å². The topological polar surface area (TPSA) is 25.2 Å². The minimum Gasteiger partial charge on any atom is -0.396 e. The predicted molar refractivity (Wildman–Crippen MR) is 58.4 cm³/mol. The predicted octanol–water partition coefficient (Wildman–Crippen LogP) is 2.34. The maximum absolute atomic E-state index is 13.5. The van der Waals surface area contributed by atoms with Gasteiger partial charge in [-0.3, -0.25) is 0 Å². The van der Waals surface area contributed by atoms with E-state index >= 15 is 0 Å². The molecular formula is C12H14FNO. The van der Waals surface area contributed by atoms with Crippen molar-refractivity contribution in [2.24, 2.45) is 0 Å². The number of halogens is 1. The van der Waals surface area contributed by atoms with Crippen molar-refractivity contribution in [2.75, 3.05) is 6.61 Å². The fourth-order valence-corrected chi connectivity index (χ4v) is 2.00. The Kier molecular flexibility index (Phi) is 2.73. The van der Waals surface area contributed by atoms with Crippen LogP contribution in [0.1, 0.15) is 12.6 Å². The molecule has 0 aliphatic heterocycles. The monoisotopic (exact) mass is 207 g/mol. The number of aliphatic hydroxyl groups is 1. The molecule has 2 aromatic rings. The number of aromatic nitrogens is 1. The number of benzene rings is 1. The molecule has 0 saturated carbocycles. The van der Waals surface area contributed by atoms with Gasteiger partial charge in [-0.15, -0.1) is 0 Å². The summed E-state index contributed by atoms with van der Waals surface area (Å²) >= 11 is 0. The maximum Gasteiger partial charge on any atom is 0.132 e. The van der Waals surface area contributed by atoms with Crippen molar-refractivity contribution < 1.29 is 9.50 Å². The lowest BCUT2D eigenvalue weighted by Crippen LogP contribution is -2.02. The molecule has 3 heteroatoms. The molecule has 0 aliphatic carbocycles. The zero-order chi connectivity index (χ0) is 10.8. The summed E-state index contributed by atoms with van der Waals surface area (Å²) in [6, 6.07) is 6.91. The van der Waals surface area contributed by atoms with Crippen molar-refractivity contribution in [3.05, 3.63) is 35.8 Å². The van der Waals surface area contributed by atoms with Crippen LogP contribution in [0.2, 0.25) is 0 Å². The van der Waals surface area contributed by atoms with Crippen LogP contribution in [0.15, 0.2) is 24.3 Å². The summed E-state index contributed by atoms with van der Waals surface area (Å²) in [4.78, 5) is 0. The van der Waals surface area contributed by atoms with Crippen molar-refractivity contribution in [1.82, 2.24) is 4.57 Å². The third-order valence-corrected chi connectivity index (χ3v) is 2.66. The van der Waals surface area contributed by atoms with E-state index in [0.29, 0.717) is 11.8 Å². The Morgan fingerprint density at radius 2 is 2.20 bits per heavy atom. The largest absolute Gasteiger partial charge is 0.396 e. The number of nitrogens with zero attached hydrogens (tertiary/aromatic N) is 1. The van der Waals surface area contributed by atoms with Gasteiger partial charge >= 0.3 is 0 Å². The Labute approximate surface area is 88.0 Å². The molecule has 2 rings (SSSR count). The van der Waals surface area contributed by atoms with Crippen molar-refractivity contribution in [1.29, 1.82) is 0 Å². The van der Waals surface area contributed by atoms with Crippen molar-refractivity contribution in [2.45, 2.75) is 19.9 Å². The summed E-state index contributed by atoms with van der Waals surface area (Å²) < 4.78 is 15.5. The molecule has 0 radical (unpaired) electrons. The molecule has 1 N–H and O–H groups in total.